The van der Waals surface area contributed by atoms with E-state index in [9.17, 15) is 0 Å². The van der Waals surface area contributed by atoms with Gasteiger partial charge in [0.15, 0.2) is 5.70 Å². The van der Waals surface area contributed by atoms with Gasteiger partial charge in [-0.15, -0.1) is 11.3 Å². The van der Waals surface area contributed by atoms with E-state index in [1.165, 1.54) is 27.4 Å². The molecule has 3 rings (SSSR count). The van der Waals surface area contributed by atoms with Crippen molar-refractivity contribution in [3.05, 3.63) is 57.1 Å². The molecular weight excluding hydrogens is 262 g/mol. The molecule has 2 heterocycles. The molecule has 0 aliphatic carbocycles. The SMILES string of the molecule is CCC(C)[N+]1(C)CC=c2ccsc2=C1c1ccccc1. The van der Waals surface area contributed by atoms with Crippen LogP contribution in [0.2, 0.25) is 0 Å². The number of hydrogen-bond acceptors (Lipinski definition) is 1. The van der Waals surface area contributed by atoms with Crippen LogP contribution in [0.25, 0.3) is 11.8 Å². The lowest BCUT2D eigenvalue weighted by atomic mass is 10.0. The van der Waals surface area contributed by atoms with Crippen molar-refractivity contribution in [2.75, 3.05) is 13.6 Å². The first kappa shape index (κ1) is 13.6. The van der Waals surface area contributed by atoms with Crippen molar-refractivity contribution in [1.82, 2.24) is 0 Å². The van der Waals surface area contributed by atoms with Crippen molar-refractivity contribution in [2.24, 2.45) is 0 Å². The van der Waals surface area contributed by atoms with Gasteiger partial charge in [-0.2, -0.15) is 0 Å². The predicted octanol–water partition coefficient (Wildman–Crippen LogP) is 2.94. The first-order valence-electron chi connectivity index (χ1n) is 7.36. The van der Waals surface area contributed by atoms with Crippen LogP contribution in [0, 0.1) is 0 Å². The Balaban J connectivity index is 2.32. The highest BCUT2D eigenvalue weighted by molar-refractivity contribution is 7.07. The zero-order chi connectivity index (χ0) is 14.2. The van der Waals surface area contributed by atoms with Gasteiger partial charge in [0.25, 0.3) is 0 Å². The molecule has 0 radical (unpaired) electrons. The molecule has 104 valence electrons. The smallest absolute Gasteiger partial charge is 0.158 e. The first-order valence-corrected chi connectivity index (χ1v) is 8.24. The molecule has 1 aliphatic heterocycles. The Morgan fingerprint density at radius 3 is 2.65 bits per heavy atom. The fourth-order valence-corrected chi connectivity index (χ4v) is 4.19. The molecule has 2 aromatic rings. The molecule has 1 aromatic carbocycles. The van der Waals surface area contributed by atoms with Crippen LogP contribution in [0.15, 0.2) is 41.8 Å². The lowest BCUT2D eigenvalue weighted by Crippen LogP contribution is -2.55. The van der Waals surface area contributed by atoms with Crippen LogP contribution >= 0.6 is 11.3 Å². The van der Waals surface area contributed by atoms with E-state index in [0.717, 1.165) is 11.0 Å². The summed E-state index contributed by atoms with van der Waals surface area (Å²) < 4.78 is 2.46. The van der Waals surface area contributed by atoms with Gasteiger partial charge in [-0.3, -0.25) is 4.48 Å². The fourth-order valence-electron chi connectivity index (χ4n) is 3.11. The van der Waals surface area contributed by atoms with Crippen LogP contribution < -0.4 is 9.75 Å². The summed E-state index contributed by atoms with van der Waals surface area (Å²) >= 11 is 1.87. The minimum atomic E-state index is 0.622. The van der Waals surface area contributed by atoms with Gasteiger partial charge in [0.2, 0.25) is 0 Å². The Hall–Kier alpha value is -1.38. The Bertz CT molecular complexity index is 713. The minimum absolute atomic E-state index is 0.622. The summed E-state index contributed by atoms with van der Waals surface area (Å²) in [5, 5.41) is 3.63. The van der Waals surface area contributed by atoms with Crippen molar-refractivity contribution in [3.8, 4) is 0 Å². The molecule has 1 aliphatic rings. The molecule has 0 fully saturated rings. The van der Waals surface area contributed by atoms with Gasteiger partial charge < -0.3 is 0 Å². The second-order valence-electron chi connectivity index (χ2n) is 5.83. The molecule has 20 heavy (non-hydrogen) atoms. The van der Waals surface area contributed by atoms with E-state index in [0.29, 0.717) is 6.04 Å². The number of rotatable bonds is 3. The second kappa shape index (κ2) is 5.19. The number of benzene rings is 1. The fraction of sp³-hybridized carbons (Fsp3) is 0.333. The standard InChI is InChI=1S/C18H22NS/c1-4-14(2)19(3)12-10-16-11-13-20-18(16)17(19)15-8-6-5-7-9-15/h5-11,13-14H,4,12H2,1-3H3/q+1. The van der Waals surface area contributed by atoms with Gasteiger partial charge >= 0.3 is 0 Å². The highest BCUT2D eigenvalue weighted by atomic mass is 32.1. The van der Waals surface area contributed by atoms with Gasteiger partial charge in [-0.1, -0.05) is 25.1 Å². The van der Waals surface area contributed by atoms with Gasteiger partial charge in [0, 0.05) is 10.8 Å². The van der Waals surface area contributed by atoms with E-state index in [2.05, 4.69) is 68.7 Å². The Labute approximate surface area is 125 Å². The predicted molar refractivity (Wildman–Crippen MR) is 87.8 cm³/mol. The summed E-state index contributed by atoms with van der Waals surface area (Å²) in [6, 6.07) is 13.8. The molecule has 0 N–H and O–H groups in total. The van der Waals surface area contributed by atoms with Crippen molar-refractivity contribution in [1.29, 1.82) is 0 Å². The Morgan fingerprint density at radius 1 is 1.20 bits per heavy atom. The van der Waals surface area contributed by atoms with E-state index in [1.54, 1.807) is 0 Å². The van der Waals surface area contributed by atoms with Crippen LogP contribution in [0.4, 0.5) is 0 Å². The van der Waals surface area contributed by atoms with Crippen LogP contribution in [-0.2, 0) is 0 Å². The Morgan fingerprint density at radius 2 is 1.95 bits per heavy atom. The van der Waals surface area contributed by atoms with Crippen molar-refractivity contribution >= 4 is 23.1 Å². The van der Waals surface area contributed by atoms with Crippen LogP contribution in [0.1, 0.15) is 25.8 Å². The highest BCUT2D eigenvalue weighted by Crippen LogP contribution is 2.29. The quantitative estimate of drug-likeness (QED) is 0.760. The first-order chi connectivity index (χ1) is 9.66. The van der Waals surface area contributed by atoms with Crippen LogP contribution in [-0.4, -0.2) is 24.1 Å². The summed E-state index contributed by atoms with van der Waals surface area (Å²) in [5.74, 6) is 0. The van der Waals surface area contributed by atoms with Crippen molar-refractivity contribution < 1.29 is 4.48 Å². The third kappa shape index (κ3) is 2.04. The topological polar surface area (TPSA) is 0 Å². The molecule has 2 unspecified atom stereocenters. The molecule has 0 amide bonds. The van der Waals surface area contributed by atoms with Gasteiger partial charge in [0.05, 0.1) is 17.6 Å². The molecule has 1 aromatic heterocycles. The lowest BCUT2D eigenvalue weighted by Gasteiger charge is -2.41. The summed E-state index contributed by atoms with van der Waals surface area (Å²) in [6.07, 6.45) is 3.60. The van der Waals surface area contributed by atoms with Gasteiger partial charge in [-0.25, -0.2) is 0 Å². The number of quaternary nitrogens is 1. The maximum atomic E-state index is 2.41. The second-order valence-corrected chi connectivity index (χ2v) is 6.75. The molecule has 0 saturated heterocycles. The Kier molecular flexibility index (Phi) is 3.53. The number of thiophene rings is 1. The van der Waals surface area contributed by atoms with E-state index >= 15 is 0 Å². The lowest BCUT2D eigenvalue weighted by molar-refractivity contribution is -0.856. The zero-order valence-corrected chi connectivity index (χ0v) is 13.3. The molecule has 0 spiro atoms. The van der Waals surface area contributed by atoms with E-state index in [-0.39, 0.29) is 0 Å². The number of nitrogens with zero attached hydrogens (tertiary/aromatic N) is 1. The summed E-state index contributed by atoms with van der Waals surface area (Å²) in [5.41, 5.74) is 2.86. The summed E-state index contributed by atoms with van der Waals surface area (Å²) in [7, 11) is 2.38. The van der Waals surface area contributed by atoms with Gasteiger partial charge in [-0.05, 0) is 43.0 Å². The average molecular weight is 284 g/mol. The van der Waals surface area contributed by atoms with Crippen LogP contribution in [0.5, 0.6) is 0 Å². The van der Waals surface area contributed by atoms with E-state index < -0.39 is 0 Å². The summed E-state index contributed by atoms with van der Waals surface area (Å²) in [4.78, 5) is 0. The summed E-state index contributed by atoms with van der Waals surface area (Å²) in [6.45, 7) is 5.75. The maximum Gasteiger partial charge on any atom is 0.158 e. The molecule has 2 heteroatoms. The monoisotopic (exact) mass is 284 g/mol. The van der Waals surface area contributed by atoms with Crippen LogP contribution in [0.3, 0.4) is 0 Å². The molecule has 2 atom stereocenters. The molecule has 0 saturated carbocycles. The largest absolute Gasteiger partial charge is 0.286 e. The maximum absolute atomic E-state index is 2.41. The average Bonchev–Trinajstić information content (AvgIpc) is 2.95. The molecule has 0 bridgehead atoms. The molecular formula is C18H22NS+. The van der Waals surface area contributed by atoms with Gasteiger partial charge in [0.1, 0.15) is 6.54 Å². The minimum Gasteiger partial charge on any atom is -0.286 e. The van der Waals surface area contributed by atoms with E-state index in [4.69, 9.17) is 0 Å². The number of hydrogen-bond donors (Lipinski definition) is 0. The third-order valence-corrected chi connectivity index (χ3v) is 5.66. The van der Waals surface area contributed by atoms with Crippen molar-refractivity contribution in [2.45, 2.75) is 26.3 Å². The highest BCUT2D eigenvalue weighted by Gasteiger charge is 2.35. The van der Waals surface area contributed by atoms with Crippen molar-refractivity contribution in [3.63, 3.8) is 0 Å². The zero-order valence-electron chi connectivity index (χ0n) is 12.5. The normalized spacial score (nSPS) is 23.1. The molecule has 1 nitrogen and oxygen atoms in total. The van der Waals surface area contributed by atoms with E-state index in [1.807, 2.05) is 11.3 Å². The number of fused-ring (bicyclic) bond motifs is 1. The third-order valence-electron chi connectivity index (χ3n) is 4.72.